The molecule has 31 heavy (non-hydrogen) atoms. The molecule has 1 atom stereocenters. The topological polar surface area (TPSA) is 53.8 Å². The molecule has 2 aromatic heterocycles. The van der Waals surface area contributed by atoms with Gasteiger partial charge in [-0.15, -0.1) is 0 Å². The molecule has 0 amide bonds. The zero-order chi connectivity index (χ0) is 21.5. The molecule has 1 N–H and O–H groups in total. The first-order valence-corrected chi connectivity index (χ1v) is 11.1. The highest BCUT2D eigenvalue weighted by atomic mass is 16.5. The number of hydrogen-bond acceptors (Lipinski definition) is 5. The molecule has 3 heterocycles. The fourth-order valence-corrected chi connectivity index (χ4v) is 4.40. The van der Waals surface area contributed by atoms with Gasteiger partial charge in [-0.1, -0.05) is 18.2 Å². The highest BCUT2D eigenvalue weighted by Crippen LogP contribution is 2.24. The van der Waals surface area contributed by atoms with E-state index in [4.69, 9.17) is 4.74 Å². The van der Waals surface area contributed by atoms with Gasteiger partial charge in [0.15, 0.2) is 0 Å². The van der Waals surface area contributed by atoms with Gasteiger partial charge in [0.05, 0.1) is 18.5 Å². The van der Waals surface area contributed by atoms with Gasteiger partial charge in [-0.2, -0.15) is 0 Å². The van der Waals surface area contributed by atoms with Crippen LogP contribution in [0.15, 0.2) is 67.1 Å². The summed E-state index contributed by atoms with van der Waals surface area (Å²) in [5.74, 6) is 0.962. The predicted octanol–water partition coefficient (Wildman–Crippen LogP) is 3.34. The third-order valence-corrected chi connectivity index (χ3v) is 5.94. The van der Waals surface area contributed by atoms with Crippen molar-refractivity contribution >= 4 is 0 Å². The van der Waals surface area contributed by atoms with E-state index in [0.29, 0.717) is 12.6 Å². The van der Waals surface area contributed by atoms with Crippen LogP contribution in [0.25, 0.3) is 5.69 Å². The van der Waals surface area contributed by atoms with E-state index in [1.807, 2.05) is 31.3 Å². The zero-order valence-electron chi connectivity index (χ0n) is 18.2. The van der Waals surface area contributed by atoms with E-state index in [1.54, 1.807) is 6.20 Å². The van der Waals surface area contributed by atoms with Gasteiger partial charge in [0.25, 0.3) is 0 Å². The number of ether oxygens (including phenoxy) is 1. The molecule has 0 spiro atoms. The van der Waals surface area contributed by atoms with E-state index in [-0.39, 0.29) is 6.61 Å². The quantitative estimate of drug-likeness (QED) is 0.575. The smallest absolute Gasteiger partial charge is 0.123 e. The molecule has 1 aliphatic rings. The number of pyridine rings is 1. The first kappa shape index (κ1) is 21.6. The van der Waals surface area contributed by atoms with Crippen molar-refractivity contribution in [2.24, 2.45) is 0 Å². The van der Waals surface area contributed by atoms with E-state index in [9.17, 15) is 5.11 Å². The molecule has 4 rings (SSSR count). The Hall–Kier alpha value is -2.67. The van der Waals surface area contributed by atoms with Crippen molar-refractivity contribution < 1.29 is 9.84 Å². The maximum Gasteiger partial charge on any atom is 0.123 e. The molecule has 164 valence electrons. The number of piperazine rings is 1. The van der Waals surface area contributed by atoms with E-state index >= 15 is 0 Å². The predicted molar refractivity (Wildman–Crippen MR) is 122 cm³/mol. The molecule has 0 radical (unpaired) electrons. The lowest BCUT2D eigenvalue weighted by molar-refractivity contribution is 0.0486. The molecule has 0 saturated carbocycles. The summed E-state index contributed by atoms with van der Waals surface area (Å²) in [6.45, 7) is 7.53. The van der Waals surface area contributed by atoms with Crippen molar-refractivity contribution in [1.82, 2.24) is 19.4 Å². The largest absolute Gasteiger partial charge is 0.494 e. The second-order valence-corrected chi connectivity index (χ2v) is 7.99. The van der Waals surface area contributed by atoms with Crippen molar-refractivity contribution in [1.29, 1.82) is 0 Å². The lowest BCUT2D eigenvalue weighted by atomic mass is 10.1. The molecular weight excluding hydrogens is 388 g/mol. The summed E-state index contributed by atoms with van der Waals surface area (Å²) in [5.41, 5.74) is 3.55. The molecule has 1 saturated heterocycles. The van der Waals surface area contributed by atoms with Gasteiger partial charge in [-0.05, 0) is 43.7 Å². The molecule has 3 aromatic rings. The standard InChI is InChI=1S/C25H32N4O2/c1-2-31-25-10-4-3-7-21(25)18-28-15-14-27(19-23(28)11-16-30)20-24-9-6-13-29(24)22-8-5-12-26-17-22/h3-10,12-13,17,23,30H,2,11,14-16,18-20H2,1H3/t23-/m0/s1. The normalized spacial score (nSPS) is 17.7. The fourth-order valence-electron chi connectivity index (χ4n) is 4.40. The minimum atomic E-state index is 0.203. The van der Waals surface area contributed by atoms with Crippen LogP contribution in [0.2, 0.25) is 0 Å². The molecule has 1 fully saturated rings. The SMILES string of the molecule is CCOc1ccccc1CN1CCN(Cc2cccn2-c2cccnc2)C[C@@H]1CCO. The van der Waals surface area contributed by atoms with Crippen LogP contribution in [0.1, 0.15) is 24.6 Å². The molecule has 6 nitrogen and oxygen atoms in total. The summed E-state index contributed by atoms with van der Waals surface area (Å²) >= 11 is 0. The Morgan fingerprint density at radius 1 is 1.06 bits per heavy atom. The summed E-state index contributed by atoms with van der Waals surface area (Å²) < 4.78 is 8.03. The molecule has 0 unspecified atom stereocenters. The summed E-state index contributed by atoms with van der Waals surface area (Å²) in [6, 6.07) is 16.9. The molecule has 1 aromatic carbocycles. The number of aliphatic hydroxyl groups excluding tert-OH is 1. The van der Waals surface area contributed by atoms with Gasteiger partial charge in [-0.25, -0.2) is 0 Å². The number of benzene rings is 1. The summed E-state index contributed by atoms with van der Waals surface area (Å²) in [7, 11) is 0. The Morgan fingerprint density at radius 2 is 1.97 bits per heavy atom. The van der Waals surface area contributed by atoms with Crippen molar-refractivity contribution in [2.45, 2.75) is 32.5 Å². The third kappa shape index (κ3) is 5.34. The average Bonchev–Trinajstić information content (AvgIpc) is 3.26. The zero-order valence-corrected chi connectivity index (χ0v) is 18.2. The Morgan fingerprint density at radius 3 is 2.77 bits per heavy atom. The van der Waals surface area contributed by atoms with Gasteiger partial charge < -0.3 is 14.4 Å². The Kier molecular flexibility index (Phi) is 7.35. The Bertz CT molecular complexity index is 943. The fraction of sp³-hybridized carbons (Fsp3) is 0.400. The number of aromatic nitrogens is 2. The molecule has 0 bridgehead atoms. The average molecular weight is 421 g/mol. The monoisotopic (exact) mass is 420 g/mol. The van der Waals surface area contributed by atoms with Gasteiger partial charge in [0.2, 0.25) is 0 Å². The van der Waals surface area contributed by atoms with Crippen molar-refractivity contribution in [3.8, 4) is 11.4 Å². The van der Waals surface area contributed by atoms with Crippen molar-refractivity contribution in [2.75, 3.05) is 32.8 Å². The number of nitrogens with zero attached hydrogens (tertiary/aromatic N) is 4. The highest BCUT2D eigenvalue weighted by molar-refractivity contribution is 5.34. The lowest BCUT2D eigenvalue weighted by Crippen LogP contribution is -2.52. The number of rotatable bonds is 9. The summed E-state index contributed by atoms with van der Waals surface area (Å²) in [6.07, 6.45) is 6.57. The van der Waals surface area contributed by atoms with Crippen LogP contribution in [0.3, 0.4) is 0 Å². The van der Waals surface area contributed by atoms with Crippen LogP contribution >= 0.6 is 0 Å². The van der Waals surface area contributed by atoms with Crippen molar-refractivity contribution in [3.05, 3.63) is 78.4 Å². The van der Waals surface area contributed by atoms with Crippen LogP contribution in [0.4, 0.5) is 0 Å². The van der Waals surface area contributed by atoms with Gasteiger partial charge in [0, 0.05) is 69.0 Å². The number of aliphatic hydroxyl groups is 1. The number of para-hydroxylation sites is 1. The van der Waals surface area contributed by atoms with E-state index < -0.39 is 0 Å². The van der Waals surface area contributed by atoms with Gasteiger partial charge in [0.1, 0.15) is 5.75 Å². The van der Waals surface area contributed by atoms with Gasteiger partial charge >= 0.3 is 0 Å². The van der Waals surface area contributed by atoms with E-state index in [2.05, 4.69) is 55.9 Å². The minimum absolute atomic E-state index is 0.203. The van der Waals surface area contributed by atoms with Crippen LogP contribution in [0, 0.1) is 0 Å². The van der Waals surface area contributed by atoms with Crippen molar-refractivity contribution in [3.63, 3.8) is 0 Å². The summed E-state index contributed by atoms with van der Waals surface area (Å²) in [4.78, 5) is 9.24. The van der Waals surface area contributed by atoms with E-state index in [1.165, 1.54) is 11.3 Å². The van der Waals surface area contributed by atoms with Crippen LogP contribution in [0.5, 0.6) is 5.75 Å². The molecule has 6 heteroatoms. The first-order chi connectivity index (χ1) is 15.3. The highest BCUT2D eigenvalue weighted by Gasteiger charge is 2.27. The second-order valence-electron chi connectivity index (χ2n) is 7.99. The first-order valence-electron chi connectivity index (χ1n) is 11.1. The molecular formula is C25H32N4O2. The van der Waals surface area contributed by atoms with E-state index in [0.717, 1.165) is 50.6 Å². The van der Waals surface area contributed by atoms with Crippen LogP contribution in [-0.4, -0.2) is 63.3 Å². The lowest BCUT2D eigenvalue weighted by Gasteiger charge is -2.41. The second kappa shape index (κ2) is 10.6. The minimum Gasteiger partial charge on any atom is -0.494 e. The molecule has 1 aliphatic heterocycles. The third-order valence-electron chi connectivity index (χ3n) is 5.94. The molecule has 0 aliphatic carbocycles. The summed E-state index contributed by atoms with van der Waals surface area (Å²) in [5, 5.41) is 9.70. The Balaban J connectivity index is 1.44. The van der Waals surface area contributed by atoms with Gasteiger partial charge in [-0.3, -0.25) is 14.8 Å². The van der Waals surface area contributed by atoms with Crippen LogP contribution in [-0.2, 0) is 13.1 Å². The maximum atomic E-state index is 9.70. The maximum absolute atomic E-state index is 9.70. The Labute approximate surface area is 184 Å². The van der Waals surface area contributed by atoms with Crippen LogP contribution < -0.4 is 4.74 Å². The number of hydrogen-bond donors (Lipinski definition) is 1.